The molecule has 1 amide bonds. The van der Waals surface area contributed by atoms with Crippen LogP contribution in [0.3, 0.4) is 0 Å². The van der Waals surface area contributed by atoms with Crippen LogP contribution in [0.5, 0.6) is 5.75 Å². The van der Waals surface area contributed by atoms with Gasteiger partial charge in [-0.1, -0.05) is 36.4 Å². The molecule has 170 valence electrons. The van der Waals surface area contributed by atoms with Gasteiger partial charge in [-0.25, -0.2) is 4.31 Å². The van der Waals surface area contributed by atoms with Crippen molar-refractivity contribution in [2.24, 2.45) is 4.40 Å². The van der Waals surface area contributed by atoms with Crippen molar-refractivity contribution in [3.8, 4) is 5.75 Å². The van der Waals surface area contributed by atoms with Crippen LogP contribution >= 0.6 is 0 Å². The summed E-state index contributed by atoms with van der Waals surface area (Å²) in [7, 11) is -1.33. The number of anilines is 1. The lowest BCUT2D eigenvalue weighted by Gasteiger charge is -2.23. The van der Waals surface area contributed by atoms with Gasteiger partial charge >= 0.3 is 10.2 Å². The first kappa shape index (κ1) is 22.3. The van der Waals surface area contributed by atoms with Gasteiger partial charge in [-0.15, -0.1) is 4.40 Å². The maximum Gasteiger partial charge on any atom is 0.345 e. The maximum absolute atomic E-state index is 13.0. The number of hydrogen-bond donors (Lipinski definition) is 1. The largest absolute Gasteiger partial charge is 0.496 e. The van der Waals surface area contributed by atoms with Crippen molar-refractivity contribution < 1.29 is 17.9 Å². The van der Waals surface area contributed by atoms with E-state index in [4.69, 9.17) is 4.74 Å². The van der Waals surface area contributed by atoms with Crippen LogP contribution in [0.25, 0.3) is 0 Å². The molecule has 2 aromatic carbocycles. The van der Waals surface area contributed by atoms with Gasteiger partial charge < -0.3 is 10.1 Å². The molecule has 1 aliphatic heterocycles. The third-order valence-electron chi connectivity index (χ3n) is 5.27. The second-order valence-corrected chi connectivity index (χ2v) is 9.08. The molecule has 0 fully saturated rings. The van der Waals surface area contributed by atoms with Crippen LogP contribution in [-0.4, -0.2) is 48.3 Å². The topological polar surface area (TPSA) is 106 Å². The van der Waals surface area contributed by atoms with Gasteiger partial charge in [0.15, 0.2) is 0 Å². The van der Waals surface area contributed by atoms with E-state index >= 15 is 0 Å². The number of ether oxygens (including phenoxy) is 1. The Labute approximate surface area is 192 Å². The molecule has 9 nitrogen and oxygen atoms in total. The highest BCUT2D eigenvalue weighted by molar-refractivity contribution is 7.88. The van der Waals surface area contributed by atoms with Crippen molar-refractivity contribution >= 4 is 27.5 Å². The summed E-state index contributed by atoms with van der Waals surface area (Å²) in [6.45, 7) is 2.57. The Kier molecular flexibility index (Phi) is 6.01. The van der Waals surface area contributed by atoms with E-state index < -0.39 is 16.1 Å². The number of nitrogens with one attached hydrogen (secondary N) is 1. The Morgan fingerprint density at radius 2 is 1.85 bits per heavy atom. The van der Waals surface area contributed by atoms with E-state index in [9.17, 15) is 13.2 Å². The predicted octanol–water partition coefficient (Wildman–Crippen LogP) is 2.75. The summed E-state index contributed by atoms with van der Waals surface area (Å²) in [5.41, 5.74) is 3.20. The van der Waals surface area contributed by atoms with Crippen LogP contribution in [0, 0.1) is 6.92 Å². The van der Waals surface area contributed by atoms with Crippen molar-refractivity contribution in [3.63, 3.8) is 0 Å². The first-order chi connectivity index (χ1) is 15.8. The van der Waals surface area contributed by atoms with Gasteiger partial charge in [-0.3, -0.25) is 9.48 Å². The normalized spacial score (nSPS) is 14.9. The number of aromatic nitrogens is 2. The lowest BCUT2D eigenvalue weighted by Crippen LogP contribution is -2.35. The number of aryl methyl sites for hydroxylation is 1. The van der Waals surface area contributed by atoms with Gasteiger partial charge in [0.05, 0.1) is 31.3 Å². The molecule has 0 saturated heterocycles. The molecule has 1 N–H and O–H groups in total. The van der Waals surface area contributed by atoms with Crippen molar-refractivity contribution in [3.05, 3.63) is 89.4 Å². The molecular formula is C23H23N5O4S. The van der Waals surface area contributed by atoms with Gasteiger partial charge in [-0.2, -0.15) is 13.5 Å². The second-order valence-electron chi connectivity index (χ2n) is 7.46. The fraction of sp³-hybridized carbons (Fsp3) is 0.174. The summed E-state index contributed by atoms with van der Waals surface area (Å²) in [6.07, 6.45) is 4.63. The maximum atomic E-state index is 13.0. The summed E-state index contributed by atoms with van der Waals surface area (Å²) in [4.78, 5) is 13.0. The highest BCUT2D eigenvalue weighted by Gasteiger charge is 2.31. The molecule has 4 rings (SSSR count). The lowest BCUT2D eigenvalue weighted by molar-refractivity contribution is -0.113. The van der Waals surface area contributed by atoms with E-state index in [0.717, 1.165) is 15.4 Å². The minimum absolute atomic E-state index is 0.0717. The average Bonchev–Trinajstić information content (AvgIpc) is 3.23. The highest BCUT2D eigenvalue weighted by Crippen LogP contribution is 2.25. The zero-order valence-electron chi connectivity index (χ0n) is 18.4. The number of carbonyl (C=O) groups excluding carboxylic acids is 1. The molecule has 1 aromatic heterocycles. The van der Waals surface area contributed by atoms with Gasteiger partial charge in [0.2, 0.25) is 0 Å². The van der Waals surface area contributed by atoms with E-state index in [1.165, 1.54) is 26.4 Å². The van der Waals surface area contributed by atoms with Crippen molar-refractivity contribution in [1.82, 2.24) is 14.1 Å². The molecule has 3 aromatic rings. The number of carbonyl (C=O) groups is 1. The van der Waals surface area contributed by atoms with Crippen molar-refractivity contribution in [1.29, 1.82) is 0 Å². The number of nitrogens with zero attached hydrogens (tertiary/aromatic N) is 4. The van der Waals surface area contributed by atoms with E-state index in [-0.39, 0.29) is 11.4 Å². The summed E-state index contributed by atoms with van der Waals surface area (Å²) in [5.74, 6) is -0.150. The third kappa shape index (κ3) is 4.65. The van der Waals surface area contributed by atoms with Gasteiger partial charge in [-0.05, 0) is 36.3 Å². The van der Waals surface area contributed by atoms with Crippen LogP contribution < -0.4 is 10.1 Å². The third-order valence-corrected chi connectivity index (χ3v) is 6.59. The Hall–Kier alpha value is -3.92. The van der Waals surface area contributed by atoms with E-state index in [2.05, 4.69) is 14.8 Å². The number of methoxy groups -OCH3 is 1. The zero-order valence-corrected chi connectivity index (χ0v) is 19.2. The summed E-state index contributed by atoms with van der Waals surface area (Å²) in [5, 5.41) is 7.01. The van der Waals surface area contributed by atoms with Crippen molar-refractivity contribution in [2.75, 3.05) is 19.5 Å². The predicted molar refractivity (Wildman–Crippen MR) is 125 cm³/mol. The molecule has 0 aliphatic carbocycles. The Bertz CT molecular complexity index is 1370. The fourth-order valence-corrected chi connectivity index (χ4v) is 4.33. The number of rotatable bonds is 6. The molecule has 0 spiro atoms. The fourth-order valence-electron chi connectivity index (χ4n) is 3.42. The average molecular weight is 466 g/mol. The molecule has 0 bridgehead atoms. The first-order valence-electron chi connectivity index (χ1n) is 10.1. The number of hydrogen-bond acceptors (Lipinski definition) is 5. The van der Waals surface area contributed by atoms with Gasteiger partial charge in [0.1, 0.15) is 11.4 Å². The highest BCUT2D eigenvalue weighted by atomic mass is 32.2. The molecule has 0 atom stereocenters. The Morgan fingerprint density at radius 3 is 2.61 bits per heavy atom. The SMILES string of the molecule is COc1ccccc1C1=NS(=O)(=O)N(C)C(C(=O)Nc2cnn(Cc3ccccc3C)c2)=C1. The number of allylic oxidation sites excluding steroid dienone is 1. The second kappa shape index (κ2) is 8.91. The van der Waals surface area contributed by atoms with Crippen LogP contribution in [0.15, 0.2) is 77.1 Å². The summed E-state index contributed by atoms with van der Waals surface area (Å²) >= 11 is 0. The Morgan fingerprint density at radius 1 is 1.12 bits per heavy atom. The van der Waals surface area contributed by atoms with Crippen LogP contribution in [-0.2, 0) is 21.5 Å². The quantitative estimate of drug-likeness (QED) is 0.603. The van der Waals surface area contributed by atoms with E-state index in [1.807, 2.05) is 31.2 Å². The van der Waals surface area contributed by atoms with Crippen molar-refractivity contribution in [2.45, 2.75) is 13.5 Å². The van der Waals surface area contributed by atoms with E-state index in [1.54, 1.807) is 35.1 Å². The minimum Gasteiger partial charge on any atom is -0.496 e. The standard InChI is InChI=1S/C23H23N5O4S/c1-16-8-4-5-9-17(16)14-28-15-18(13-24-28)25-23(29)21-12-20(26-33(30,31)27(21)2)19-10-6-7-11-22(19)32-3/h4-13,15H,14H2,1-3H3,(H,25,29). The van der Waals surface area contributed by atoms with Gasteiger partial charge in [0, 0.05) is 18.8 Å². The summed E-state index contributed by atoms with van der Waals surface area (Å²) in [6, 6.07) is 14.8. The minimum atomic E-state index is -4.09. The molecule has 2 heterocycles. The molecule has 1 aliphatic rings. The van der Waals surface area contributed by atoms with Gasteiger partial charge in [0.25, 0.3) is 5.91 Å². The monoisotopic (exact) mass is 465 g/mol. The number of amides is 1. The smallest absolute Gasteiger partial charge is 0.345 e. The first-order valence-corrected chi connectivity index (χ1v) is 11.5. The van der Waals surface area contributed by atoms with Crippen LogP contribution in [0.1, 0.15) is 16.7 Å². The van der Waals surface area contributed by atoms with Crippen LogP contribution in [0.4, 0.5) is 5.69 Å². The number of benzene rings is 2. The van der Waals surface area contributed by atoms with E-state index in [0.29, 0.717) is 23.5 Å². The summed E-state index contributed by atoms with van der Waals surface area (Å²) < 4.78 is 37.0. The Balaban J connectivity index is 1.58. The lowest BCUT2D eigenvalue weighted by atomic mass is 10.1. The zero-order chi connectivity index (χ0) is 23.6. The van der Waals surface area contributed by atoms with Crippen LogP contribution in [0.2, 0.25) is 0 Å². The molecule has 0 unspecified atom stereocenters. The molecule has 0 saturated carbocycles. The molecule has 33 heavy (non-hydrogen) atoms. The molecule has 10 heteroatoms. The number of para-hydroxylation sites is 1. The molecule has 0 radical (unpaired) electrons. The number of likely N-dealkylation sites (N-methyl/N-ethyl adjacent to an activating group) is 1. The molecular weight excluding hydrogens is 442 g/mol.